The fourth-order valence-electron chi connectivity index (χ4n) is 4.72. The maximum Gasteiger partial charge on any atom is 0.222 e. The van der Waals surface area contributed by atoms with Gasteiger partial charge in [0.25, 0.3) is 0 Å². The number of carbonyl (C=O) groups excluding carboxylic acids is 1. The van der Waals surface area contributed by atoms with E-state index in [-0.39, 0.29) is 0 Å². The van der Waals surface area contributed by atoms with E-state index >= 15 is 0 Å². The van der Waals surface area contributed by atoms with Gasteiger partial charge in [-0.15, -0.1) is 0 Å². The van der Waals surface area contributed by atoms with E-state index in [0.29, 0.717) is 11.9 Å². The molecule has 156 valence electrons. The first kappa shape index (κ1) is 21.2. The standard InChI is InChI=1S/C24H39N3O/c1-19(2)7-6-13-27-14-12-22(10-11-24(27)28)25-15-17-26(18-16-25)23-9-5-8-20(3)21(23)4/h5,8-9,19,22H,6-7,10-18H2,1-4H3/t22-/m0/s1. The summed E-state index contributed by atoms with van der Waals surface area (Å²) in [7, 11) is 0. The van der Waals surface area contributed by atoms with Gasteiger partial charge in [0, 0.05) is 57.4 Å². The van der Waals surface area contributed by atoms with Crippen LogP contribution in [0.4, 0.5) is 5.69 Å². The van der Waals surface area contributed by atoms with E-state index in [9.17, 15) is 4.79 Å². The Morgan fingerprint density at radius 2 is 1.79 bits per heavy atom. The number of aryl methyl sites for hydroxylation is 1. The van der Waals surface area contributed by atoms with Gasteiger partial charge in [-0.25, -0.2) is 0 Å². The highest BCUT2D eigenvalue weighted by Crippen LogP contribution is 2.26. The predicted octanol–water partition coefficient (Wildman–Crippen LogP) is 4.24. The largest absolute Gasteiger partial charge is 0.369 e. The quantitative estimate of drug-likeness (QED) is 0.733. The first-order valence-electron chi connectivity index (χ1n) is 11.3. The maximum atomic E-state index is 12.5. The summed E-state index contributed by atoms with van der Waals surface area (Å²) in [4.78, 5) is 19.8. The summed E-state index contributed by atoms with van der Waals surface area (Å²) in [5, 5.41) is 0. The molecule has 2 fully saturated rings. The molecule has 0 bridgehead atoms. The van der Waals surface area contributed by atoms with Gasteiger partial charge < -0.3 is 9.80 Å². The van der Waals surface area contributed by atoms with Crippen LogP contribution in [0.25, 0.3) is 0 Å². The highest BCUT2D eigenvalue weighted by molar-refractivity contribution is 5.76. The molecule has 0 aliphatic carbocycles. The Kier molecular flexibility index (Phi) is 7.39. The zero-order chi connectivity index (χ0) is 20.1. The highest BCUT2D eigenvalue weighted by Gasteiger charge is 2.28. The Labute approximate surface area is 171 Å². The Balaban J connectivity index is 1.50. The lowest BCUT2D eigenvalue weighted by Crippen LogP contribution is -2.50. The summed E-state index contributed by atoms with van der Waals surface area (Å²) in [6.45, 7) is 15.3. The fraction of sp³-hybridized carbons (Fsp3) is 0.708. The van der Waals surface area contributed by atoms with Crippen LogP contribution in [0, 0.1) is 19.8 Å². The van der Waals surface area contributed by atoms with Crippen LogP contribution in [0.15, 0.2) is 18.2 Å². The predicted molar refractivity (Wildman–Crippen MR) is 118 cm³/mol. The smallest absolute Gasteiger partial charge is 0.222 e. The molecule has 4 heteroatoms. The molecule has 2 saturated heterocycles. The fourth-order valence-corrected chi connectivity index (χ4v) is 4.72. The molecule has 2 aliphatic rings. The topological polar surface area (TPSA) is 26.8 Å². The summed E-state index contributed by atoms with van der Waals surface area (Å²) >= 11 is 0. The molecule has 0 spiro atoms. The SMILES string of the molecule is Cc1cccc(N2CCN([C@H]3CCC(=O)N(CCCC(C)C)CC3)CC2)c1C. The molecule has 4 nitrogen and oxygen atoms in total. The van der Waals surface area contributed by atoms with Crippen LogP contribution in [0.1, 0.15) is 57.1 Å². The minimum absolute atomic E-state index is 0.375. The van der Waals surface area contributed by atoms with Crippen molar-refractivity contribution >= 4 is 11.6 Å². The average Bonchev–Trinajstić information content (AvgIpc) is 2.86. The van der Waals surface area contributed by atoms with Gasteiger partial charge in [0.15, 0.2) is 0 Å². The van der Waals surface area contributed by atoms with Crippen LogP contribution in [0.5, 0.6) is 0 Å². The second kappa shape index (κ2) is 9.78. The number of carbonyl (C=O) groups is 1. The normalized spacial score (nSPS) is 22.0. The summed E-state index contributed by atoms with van der Waals surface area (Å²) < 4.78 is 0. The van der Waals surface area contributed by atoms with Gasteiger partial charge in [0.05, 0.1) is 0 Å². The van der Waals surface area contributed by atoms with Gasteiger partial charge in [0.2, 0.25) is 5.91 Å². The third-order valence-electron chi connectivity index (χ3n) is 6.73. The van der Waals surface area contributed by atoms with E-state index in [1.54, 1.807) is 0 Å². The Morgan fingerprint density at radius 1 is 1.04 bits per heavy atom. The maximum absolute atomic E-state index is 12.5. The van der Waals surface area contributed by atoms with Gasteiger partial charge in [0.1, 0.15) is 0 Å². The lowest BCUT2D eigenvalue weighted by molar-refractivity contribution is -0.130. The number of hydrogen-bond acceptors (Lipinski definition) is 3. The summed E-state index contributed by atoms with van der Waals surface area (Å²) in [6, 6.07) is 7.20. The van der Waals surface area contributed by atoms with Crippen LogP contribution in [0.2, 0.25) is 0 Å². The summed E-state index contributed by atoms with van der Waals surface area (Å²) in [5.41, 5.74) is 4.18. The third kappa shape index (κ3) is 5.28. The van der Waals surface area contributed by atoms with Crippen LogP contribution in [-0.2, 0) is 4.79 Å². The molecule has 28 heavy (non-hydrogen) atoms. The molecule has 1 amide bonds. The second-order valence-corrected chi connectivity index (χ2v) is 9.14. The lowest BCUT2D eigenvalue weighted by Gasteiger charge is -2.40. The van der Waals surface area contributed by atoms with Crippen molar-refractivity contribution in [1.29, 1.82) is 0 Å². The zero-order valence-corrected chi connectivity index (χ0v) is 18.4. The van der Waals surface area contributed by atoms with Crippen molar-refractivity contribution in [2.45, 2.75) is 65.8 Å². The molecule has 1 atom stereocenters. The van der Waals surface area contributed by atoms with Crippen molar-refractivity contribution in [2.75, 3.05) is 44.2 Å². The first-order chi connectivity index (χ1) is 13.5. The third-order valence-corrected chi connectivity index (χ3v) is 6.73. The molecule has 0 saturated carbocycles. The summed E-state index contributed by atoms with van der Waals surface area (Å²) in [5.74, 6) is 1.10. The van der Waals surface area contributed by atoms with E-state index in [1.807, 2.05) is 0 Å². The van der Waals surface area contributed by atoms with E-state index < -0.39 is 0 Å². The lowest BCUT2D eigenvalue weighted by atomic mass is 10.0. The Bertz CT molecular complexity index is 649. The molecule has 2 aliphatic heterocycles. The average molecular weight is 386 g/mol. The van der Waals surface area contributed by atoms with Gasteiger partial charge in [-0.1, -0.05) is 26.0 Å². The Hall–Kier alpha value is -1.55. The second-order valence-electron chi connectivity index (χ2n) is 9.14. The number of rotatable bonds is 6. The van der Waals surface area contributed by atoms with Crippen LogP contribution in [0.3, 0.4) is 0 Å². The van der Waals surface area contributed by atoms with E-state index in [4.69, 9.17) is 0 Å². The molecular weight excluding hydrogens is 346 g/mol. The van der Waals surface area contributed by atoms with Crippen molar-refractivity contribution in [3.8, 4) is 0 Å². The number of piperazine rings is 1. The number of benzene rings is 1. The monoisotopic (exact) mass is 385 g/mol. The van der Waals surface area contributed by atoms with E-state index in [2.05, 4.69) is 60.6 Å². The van der Waals surface area contributed by atoms with Gasteiger partial charge in [-0.3, -0.25) is 9.69 Å². The molecule has 0 radical (unpaired) electrons. The van der Waals surface area contributed by atoms with Crippen molar-refractivity contribution in [1.82, 2.24) is 9.80 Å². The molecule has 2 heterocycles. The minimum atomic E-state index is 0.375. The van der Waals surface area contributed by atoms with Crippen molar-refractivity contribution < 1.29 is 4.79 Å². The van der Waals surface area contributed by atoms with Crippen LogP contribution in [-0.4, -0.2) is 61.0 Å². The number of hydrogen-bond donors (Lipinski definition) is 0. The molecule has 0 N–H and O–H groups in total. The molecule has 1 aromatic carbocycles. The Morgan fingerprint density at radius 3 is 2.50 bits per heavy atom. The number of amides is 1. The van der Waals surface area contributed by atoms with Crippen molar-refractivity contribution in [3.63, 3.8) is 0 Å². The van der Waals surface area contributed by atoms with E-state index in [0.717, 1.165) is 70.9 Å². The minimum Gasteiger partial charge on any atom is -0.369 e. The van der Waals surface area contributed by atoms with Crippen molar-refractivity contribution in [2.24, 2.45) is 5.92 Å². The van der Waals surface area contributed by atoms with Crippen molar-refractivity contribution in [3.05, 3.63) is 29.3 Å². The van der Waals surface area contributed by atoms with Gasteiger partial charge in [-0.05, 0) is 62.6 Å². The number of likely N-dealkylation sites (tertiary alicyclic amines) is 1. The van der Waals surface area contributed by atoms with E-state index in [1.165, 1.54) is 23.2 Å². The van der Waals surface area contributed by atoms with Gasteiger partial charge in [-0.2, -0.15) is 0 Å². The highest BCUT2D eigenvalue weighted by atomic mass is 16.2. The van der Waals surface area contributed by atoms with Gasteiger partial charge >= 0.3 is 0 Å². The molecule has 1 aromatic rings. The summed E-state index contributed by atoms with van der Waals surface area (Å²) in [6.07, 6.45) is 5.25. The van der Waals surface area contributed by atoms with Crippen LogP contribution >= 0.6 is 0 Å². The zero-order valence-electron chi connectivity index (χ0n) is 18.4. The number of nitrogens with zero attached hydrogens (tertiary/aromatic N) is 3. The molecular formula is C24H39N3O. The molecule has 0 unspecified atom stereocenters. The molecule has 0 aromatic heterocycles. The first-order valence-corrected chi connectivity index (χ1v) is 11.3. The van der Waals surface area contributed by atoms with Crippen LogP contribution < -0.4 is 4.90 Å². The molecule has 3 rings (SSSR count). The number of anilines is 1.